The van der Waals surface area contributed by atoms with Crippen LogP contribution in [0.2, 0.25) is 5.02 Å². The Bertz CT molecular complexity index is 1620. The van der Waals surface area contributed by atoms with Gasteiger partial charge in [-0.25, -0.2) is 4.79 Å². The SMILES string of the molecule is CC(C)(C)n1ncc(C(=O)Nc2ccc(Cl)c(C(=O)N3CCC(c4ccc(C(=O)O)cc4)CC3)c2)c1-c1ccccc1. The van der Waals surface area contributed by atoms with Crippen molar-refractivity contribution in [2.45, 2.75) is 45.1 Å². The van der Waals surface area contributed by atoms with Crippen LogP contribution in [-0.4, -0.2) is 50.7 Å². The van der Waals surface area contributed by atoms with Crippen LogP contribution in [0, 0.1) is 0 Å². The molecule has 3 aromatic carbocycles. The molecule has 0 saturated carbocycles. The van der Waals surface area contributed by atoms with E-state index >= 15 is 0 Å². The zero-order valence-corrected chi connectivity index (χ0v) is 24.6. The molecule has 0 radical (unpaired) electrons. The number of nitrogens with one attached hydrogen (secondary N) is 1. The van der Waals surface area contributed by atoms with Crippen molar-refractivity contribution in [3.8, 4) is 11.3 Å². The molecule has 1 aliphatic rings. The topological polar surface area (TPSA) is 105 Å². The Hall–Kier alpha value is -4.43. The van der Waals surface area contributed by atoms with Gasteiger partial charge in [0.15, 0.2) is 0 Å². The highest BCUT2D eigenvalue weighted by Crippen LogP contribution is 2.32. The summed E-state index contributed by atoms with van der Waals surface area (Å²) >= 11 is 6.47. The first kappa shape index (κ1) is 29.1. The van der Waals surface area contributed by atoms with Crippen molar-refractivity contribution in [3.63, 3.8) is 0 Å². The van der Waals surface area contributed by atoms with Crippen LogP contribution in [0.15, 0.2) is 79.0 Å². The number of aromatic carboxylic acids is 1. The van der Waals surface area contributed by atoms with E-state index < -0.39 is 5.97 Å². The van der Waals surface area contributed by atoms with Crippen molar-refractivity contribution < 1.29 is 19.5 Å². The molecule has 1 saturated heterocycles. The fourth-order valence-electron chi connectivity index (χ4n) is 5.35. The van der Waals surface area contributed by atoms with E-state index in [1.54, 1.807) is 41.4 Å². The van der Waals surface area contributed by atoms with Crippen LogP contribution >= 0.6 is 11.6 Å². The third-order valence-electron chi connectivity index (χ3n) is 7.56. The van der Waals surface area contributed by atoms with Gasteiger partial charge in [0, 0.05) is 24.3 Å². The fourth-order valence-corrected chi connectivity index (χ4v) is 5.54. The molecular weight excluding hydrogens is 552 g/mol. The van der Waals surface area contributed by atoms with E-state index in [0.717, 1.165) is 24.0 Å². The predicted octanol–water partition coefficient (Wildman–Crippen LogP) is 6.93. The monoisotopic (exact) mass is 584 g/mol. The van der Waals surface area contributed by atoms with Gasteiger partial charge in [-0.2, -0.15) is 5.10 Å². The fraction of sp³-hybridized carbons (Fsp3) is 0.273. The van der Waals surface area contributed by atoms with Crippen LogP contribution in [0.25, 0.3) is 11.3 Å². The molecule has 1 fully saturated rings. The van der Waals surface area contributed by atoms with Gasteiger partial charge >= 0.3 is 5.97 Å². The van der Waals surface area contributed by atoms with E-state index in [2.05, 4.69) is 10.4 Å². The number of carboxylic acids is 1. The van der Waals surface area contributed by atoms with Gasteiger partial charge in [0.2, 0.25) is 0 Å². The molecule has 0 unspecified atom stereocenters. The molecule has 0 aliphatic carbocycles. The zero-order valence-electron chi connectivity index (χ0n) is 23.8. The molecule has 9 heteroatoms. The lowest BCUT2D eigenvalue weighted by Gasteiger charge is -2.32. The second kappa shape index (κ2) is 11.8. The maximum Gasteiger partial charge on any atom is 0.335 e. The molecule has 0 bridgehead atoms. The zero-order chi connectivity index (χ0) is 30.0. The van der Waals surface area contributed by atoms with Crippen LogP contribution in [-0.2, 0) is 5.54 Å². The summed E-state index contributed by atoms with van der Waals surface area (Å²) in [5.41, 5.74) is 3.79. The van der Waals surface area contributed by atoms with Gasteiger partial charge in [0.1, 0.15) is 0 Å². The third-order valence-corrected chi connectivity index (χ3v) is 7.89. The summed E-state index contributed by atoms with van der Waals surface area (Å²) in [7, 11) is 0. The Kier molecular flexibility index (Phi) is 8.18. The molecule has 1 aliphatic heterocycles. The molecule has 216 valence electrons. The lowest BCUT2D eigenvalue weighted by molar-refractivity contribution is 0.0691. The number of halogens is 1. The Labute approximate surface area is 249 Å². The number of carbonyl (C=O) groups excluding carboxylic acids is 2. The molecule has 1 aromatic heterocycles. The van der Waals surface area contributed by atoms with Crippen molar-refractivity contribution in [2.24, 2.45) is 0 Å². The van der Waals surface area contributed by atoms with Crippen molar-refractivity contribution in [1.82, 2.24) is 14.7 Å². The van der Waals surface area contributed by atoms with Crippen LogP contribution in [0.5, 0.6) is 0 Å². The average molecular weight is 585 g/mol. The number of piperidine rings is 1. The molecule has 42 heavy (non-hydrogen) atoms. The van der Waals surface area contributed by atoms with Gasteiger partial charge in [-0.15, -0.1) is 0 Å². The van der Waals surface area contributed by atoms with Gasteiger partial charge in [-0.1, -0.05) is 54.1 Å². The molecular formula is C33H33ClN4O4. The summed E-state index contributed by atoms with van der Waals surface area (Å²) in [5.74, 6) is -1.24. The lowest BCUT2D eigenvalue weighted by Crippen LogP contribution is -2.38. The summed E-state index contributed by atoms with van der Waals surface area (Å²) in [4.78, 5) is 39.9. The summed E-state index contributed by atoms with van der Waals surface area (Å²) in [6.45, 7) is 7.18. The van der Waals surface area contributed by atoms with Gasteiger partial charge in [-0.3, -0.25) is 14.3 Å². The first-order valence-electron chi connectivity index (χ1n) is 13.9. The number of carboxylic acid groups (broad SMARTS) is 1. The van der Waals surface area contributed by atoms with Crippen molar-refractivity contribution in [1.29, 1.82) is 0 Å². The van der Waals surface area contributed by atoms with E-state index in [9.17, 15) is 14.4 Å². The van der Waals surface area contributed by atoms with Gasteiger partial charge in [0.05, 0.1) is 39.1 Å². The second-order valence-electron chi connectivity index (χ2n) is 11.5. The smallest absolute Gasteiger partial charge is 0.335 e. The van der Waals surface area contributed by atoms with Crippen LogP contribution < -0.4 is 5.32 Å². The summed E-state index contributed by atoms with van der Waals surface area (Å²) < 4.78 is 1.85. The lowest BCUT2D eigenvalue weighted by atomic mass is 9.89. The van der Waals surface area contributed by atoms with E-state index in [-0.39, 0.29) is 28.8 Å². The number of rotatable bonds is 6. The van der Waals surface area contributed by atoms with Crippen LogP contribution in [0.3, 0.4) is 0 Å². The minimum absolute atomic E-state index is 0.193. The summed E-state index contributed by atoms with van der Waals surface area (Å²) in [6.07, 6.45) is 3.09. The molecule has 0 spiro atoms. The Morgan fingerprint density at radius 2 is 1.60 bits per heavy atom. The van der Waals surface area contributed by atoms with E-state index in [1.165, 1.54) is 0 Å². The van der Waals surface area contributed by atoms with E-state index in [1.807, 2.05) is 67.9 Å². The number of carbonyl (C=O) groups is 3. The minimum Gasteiger partial charge on any atom is -0.478 e. The first-order chi connectivity index (χ1) is 20.0. The maximum absolute atomic E-state index is 13.5. The largest absolute Gasteiger partial charge is 0.478 e. The molecule has 5 rings (SSSR count). The number of nitrogens with zero attached hydrogens (tertiary/aromatic N) is 3. The highest BCUT2D eigenvalue weighted by molar-refractivity contribution is 6.34. The van der Waals surface area contributed by atoms with Crippen molar-refractivity contribution in [3.05, 3.63) is 106 Å². The Balaban J connectivity index is 1.31. The number of likely N-dealkylation sites (tertiary alicyclic amines) is 1. The highest BCUT2D eigenvalue weighted by Gasteiger charge is 2.28. The van der Waals surface area contributed by atoms with Crippen LogP contribution in [0.4, 0.5) is 5.69 Å². The van der Waals surface area contributed by atoms with Gasteiger partial charge in [-0.05, 0) is 75.4 Å². The number of aromatic nitrogens is 2. The third kappa shape index (κ3) is 6.09. The Morgan fingerprint density at radius 3 is 2.21 bits per heavy atom. The first-order valence-corrected chi connectivity index (χ1v) is 14.3. The van der Waals surface area contributed by atoms with E-state index in [0.29, 0.717) is 40.6 Å². The number of amides is 2. The molecule has 4 aromatic rings. The molecule has 8 nitrogen and oxygen atoms in total. The number of anilines is 1. The second-order valence-corrected chi connectivity index (χ2v) is 11.9. The van der Waals surface area contributed by atoms with Gasteiger partial charge in [0.25, 0.3) is 11.8 Å². The Morgan fingerprint density at radius 1 is 0.929 bits per heavy atom. The minimum atomic E-state index is -0.950. The highest BCUT2D eigenvalue weighted by atomic mass is 35.5. The summed E-state index contributed by atoms with van der Waals surface area (Å²) in [5, 5.41) is 16.9. The van der Waals surface area contributed by atoms with E-state index in [4.69, 9.17) is 16.7 Å². The summed E-state index contributed by atoms with van der Waals surface area (Å²) in [6, 6.07) is 21.5. The molecule has 0 atom stereocenters. The van der Waals surface area contributed by atoms with Crippen molar-refractivity contribution in [2.75, 3.05) is 18.4 Å². The van der Waals surface area contributed by atoms with Crippen LogP contribution in [0.1, 0.15) is 76.2 Å². The predicted molar refractivity (Wildman–Crippen MR) is 163 cm³/mol. The number of benzene rings is 3. The van der Waals surface area contributed by atoms with Gasteiger partial charge < -0.3 is 15.3 Å². The molecule has 2 amide bonds. The standard InChI is InChI=1S/C33H33ClN4O4/c1-33(2,3)38-29(23-7-5-4-6-8-23)27(20-35-38)30(39)36-25-13-14-28(34)26(19-25)31(40)37-17-15-22(16-18-37)21-9-11-24(12-10-21)32(41)42/h4-14,19-20,22H,15-18H2,1-3H3,(H,36,39)(H,41,42). The number of hydrogen-bond acceptors (Lipinski definition) is 4. The maximum atomic E-state index is 13.5. The molecule has 2 heterocycles. The molecule has 2 N–H and O–H groups in total. The van der Waals surface area contributed by atoms with Crippen molar-refractivity contribution >= 4 is 35.1 Å². The number of hydrogen-bond donors (Lipinski definition) is 2. The average Bonchev–Trinajstić information content (AvgIpc) is 3.45. The normalized spacial score (nSPS) is 14.0. The quantitative estimate of drug-likeness (QED) is 0.256.